The Morgan fingerprint density at radius 3 is 1.56 bits per heavy atom. The number of phenolic OH excluding ortho intramolecular Hbond substituents is 1. The molecule has 1 heterocycles. The Kier molecular flexibility index (Phi) is 25.5. The number of rotatable bonds is 28. The van der Waals surface area contributed by atoms with Gasteiger partial charge in [-0.3, -0.25) is 5.50 Å². The average molecular weight is 1170 g/mol. The second-order valence-electron chi connectivity index (χ2n) is 12.9. The first-order valence-electron chi connectivity index (χ1n) is 18.9. The zero-order valence-electron chi connectivity index (χ0n) is 35.2. The summed E-state index contributed by atoms with van der Waals surface area (Å²) in [4.78, 5) is 0. The highest BCUT2D eigenvalue weighted by Gasteiger charge is 2.40. The molecule has 13 nitrogen and oxygen atoms in total. The van der Waals surface area contributed by atoms with E-state index in [-0.39, 0.29) is 11.2 Å². The molecule has 3 N–H and O–H groups in total. The van der Waals surface area contributed by atoms with Crippen molar-refractivity contribution in [2.45, 2.75) is 19.3 Å². The molecule has 0 saturated carbocycles. The maximum atomic E-state index is 9.81. The highest BCUT2D eigenvalue weighted by atomic mass is 33.1. The van der Waals surface area contributed by atoms with Gasteiger partial charge in [0.2, 0.25) is 8.96 Å². The summed E-state index contributed by atoms with van der Waals surface area (Å²) in [7, 11) is -3.04. The van der Waals surface area contributed by atoms with Crippen LogP contribution < -0.4 is 19.1 Å². The molecule has 354 valence electrons. The van der Waals surface area contributed by atoms with Crippen LogP contribution in [-0.2, 0) is 19.0 Å². The third kappa shape index (κ3) is 17.3. The van der Waals surface area contributed by atoms with E-state index in [1.807, 2.05) is 60.7 Å². The molecule has 3 aromatic carbocycles. The first-order valence-corrected chi connectivity index (χ1v) is 39.0. The van der Waals surface area contributed by atoms with E-state index >= 15 is 0 Å². The summed E-state index contributed by atoms with van der Waals surface area (Å²) in [6.45, 7) is 1.33. The molecule has 4 rings (SSSR count). The van der Waals surface area contributed by atoms with Crippen LogP contribution in [0.2, 0.25) is 0 Å². The molecule has 3 unspecified atom stereocenters. The summed E-state index contributed by atoms with van der Waals surface area (Å²) in [5, 5.41) is 9.81. The Labute approximate surface area is 423 Å². The van der Waals surface area contributed by atoms with Crippen LogP contribution in [0.4, 0.5) is 0 Å². The normalized spacial score (nSPS) is 18.1. The topological polar surface area (TPSA) is 163 Å². The predicted molar refractivity (Wildman–Crippen MR) is 307 cm³/mol. The van der Waals surface area contributed by atoms with Crippen LogP contribution in [-0.4, -0.2) is 84.0 Å². The third-order valence-electron chi connectivity index (χ3n) is 8.20. The van der Waals surface area contributed by atoms with Crippen molar-refractivity contribution in [1.82, 2.24) is 0 Å². The van der Waals surface area contributed by atoms with E-state index in [1.54, 1.807) is 69.0 Å². The quantitative estimate of drug-likeness (QED) is 0.0272. The predicted octanol–water partition coefficient (Wildman–Crippen LogP) is 16.0. The van der Waals surface area contributed by atoms with Crippen molar-refractivity contribution >= 4 is 162 Å². The summed E-state index contributed by atoms with van der Waals surface area (Å²) >= 11 is 31.6. The first kappa shape index (κ1) is 57.4. The van der Waals surface area contributed by atoms with E-state index in [2.05, 4.69) is 81.5 Å². The standard InChI is InChI=1S/C34H56N6O7P6S10/c1-34(2,28-6-10-30(41)11-7-28)29-8-12-32(13-9-29)46-50(44-5,37-49(35,42-3)43-4)36-48-45-31-14-16-33(17-15-31)47-51(59-23-18-54)38-52(60-24-19-55,61-25-20-56)40-53(39-51,62-26-21-57)63-27-22-58/h6-17,41,48,54-58H,18-27,35H2,1-5H3. The van der Waals surface area contributed by atoms with Gasteiger partial charge in [-0.15, -0.1) is 4.52 Å². The molecular formula is C34H56N6O7P6S10. The maximum Gasteiger partial charge on any atom is 0.399 e. The second-order valence-corrected chi connectivity index (χ2v) is 41.8. The van der Waals surface area contributed by atoms with Gasteiger partial charge in [0.15, 0.2) is 11.2 Å². The summed E-state index contributed by atoms with van der Waals surface area (Å²) in [6.07, 6.45) is 0. The monoisotopic (exact) mass is 1170 g/mol. The number of benzene rings is 3. The highest BCUT2D eigenvalue weighted by Crippen LogP contribution is 2.94. The highest BCUT2D eigenvalue weighted by molar-refractivity contribution is 8.96. The molecule has 3 atom stereocenters. The fourth-order valence-electron chi connectivity index (χ4n) is 5.10. The number of hydrogen-bond donors (Lipinski definition) is 7. The summed E-state index contributed by atoms with van der Waals surface area (Å²) in [6, 6.07) is 22.1. The molecule has 0 amide bonds. The van der Waals surface area contributed by atoms with Gasteiger partial charge in [0.05, 0.1) is 0 Å². The lowest BCUT2D eigenvalue weighted by atomic mass is 9.78. The Balaban J connectivity index is 1.68. The minimum absolute atomic E-state index is 0.213. The van der Waals surface area contributed by atoms with Crippen molar-refractivity contribution < 1.29 is 32.2 Å². The van der Waals surface area contributed by atoms with Gasteiger partial charge in [-0.2, -0.15) is 76.7 Å². The Hall–Kier alpha value is 1.78. The lowest BCUT2D eigenvalue weighted by Crippen LogP contribution is -2.18. The molecule has 0 bridgehead atoms. The largest absolute Gasteiger partial charge is 0.508 e. The second kappa shape index (κ2) is 28.0. The molecule has 3 aromatic rings. The summed E-state index contributed by atoms with van der Waals surface area (Å²) in [5.74, 6) is 9.16. The van der Waals surface area contributed by atoms with Crippen molar-refractivity contribution in [3.05, 3.63) is 83.9 Å². The van der Waals surface area contributed by atoms with Crippen LogP contribution in [0.25, 0.3) is 0 Å². The SMILES string of the molecule is COP(N)(=NP(=NPOc1ccc(OP2(SCCS)=NP(SCCS)(SCCS)=NP(SCCS)(SCCS)=N2)cc1)(OC)Oc1ccc(C(C)(C)c2ccc(O)cc2)cc1)OC. The van der Waals surface area contributed by atoms with Crippen LogP contribution in [0.1, 0.15) is 25.0 Å². The molecule has 0 aromatic heterocycles. The fraction of sp³-hybridized carbons (Fsp3) is 0.471. The van der Waals surface area contributed by atoms with Crippen molar-refractivity contribution in [3.8, 4) is 23.0 Å². The molecule has 0 aliphatic carbocycles. The number of phenols is 1. The summed E-state index contributed by atoms with van der Waals surface area (Å²) in [5.41, 5.74) is 3.31. The van der Waals surface area contributed by atoms with E-state index < -0.39 is 42.1 Å². The van der Waals surface area contributed by atoms with Crippen LogP contribution in [0.3, 0.4) is 0 Å². The molecule has 0 spiro atoms. The minimum Gasteiger partial charge on any atom is -0.508 e. The average Bonchev–Trinajstić information content (AvgIpc) is 3.29. The van der Waals surface area contributed by atoms with Gasteiger partial charge in [0, 0.05) is 55.5 Å². The van der Waals surface area contributed by atoms with Crippen LogP contribution in [0.5, 0.6) is 23.0 Å². The van der Waals surface area contributed by atoms with E-state index in [0.717, 1.165) is 34.1 Å². The van der Waals surface area contributed by atoms with Gasteiger partial charge in [-0.25, -0.2) is 4.52 Å². The Morgan fingerprint density at radius 2 is 1.08 bits per heavy atom. The van der Waals surface area contributed by atoms with Crippen molar-refractivity contribution in [3.63, 3.8) is 0 Å². The van der Waals surface area contributed by atoms with E-state index in [4.69, 9.17) is 50.7 Å². The van der Waals surface area contributed by atoms with Crippen molar-refractivity contribution in [2.24, 2.45) is 28.1 Å². The minimum atomic E-state index is -3.52. The van der Waals surface area contributed by atoms with Crippen LogP contribution >= 0.6 is 162 Å². The van der Waals surface area contributed by atoms with E-state index in [9.17, 15) is 5.11 Å². The third-order valence-corrected chi connectivity index (χ3v) is 44.2. The van der Waals surface area contributed by atoms with Crippen molar-refractivity contribution in [1.29, 1.82) is 0 Å². The number of thiol groups is 5. The molecule has 0 radical (unpaired) electrons. The summed E-state index contributed by atoms with van der Waals surface area (Å²) < 4.78 is 62.6. The van der Waals surface area contributed by atoms with Crippen molar-refractivity contribution in [2.75, 3.05) is 78.9 Å². The first-order chi connectivity index (χ1) is 30.2. The molecule has 0 fully saturated rings. The zero-order chi connectivity index (χ0) is 46.0. The molecule has 0 saturated heterocycles. The number of nitrogens with zero attached hydrogens (tertiary/aromatic N) is 5. The smallest absolute Gasteiger partial charge is 0.399 e. The molecule has 29 heteroatoms. The molecule has 1 aliphatic heterocycles. The molecule has 63 heavy (non-hydrogen) atoms. The van der Waals surface area contributed by atoms with Gasteiger partial charge >= 0.3 is 14.3 Å². The zero-order valence-corrected chi connectivity index (χ0v) is 49.2. The number of aromatic hydroxyl groups is 1. The lowest BCUT2D eigenvalue weighted by Gasteiger charge is -2.34. The maximum absolute atomic E-state index is 9.81. The van der Waals surface area contributed by atoms with Crippen LogP contribution in [0, 0.1) is 0 Å². The van der Waals surface area contributed by atoms with Gasteiger partial charge in [-0.05, 0) is 88.4 Å². The molecular weight excluding hydrogens is 1110 g/mol. The van der Waals surface area contributed by atoms with Gasteiger partial charge in [0.25, 0.3) is 7.66 Å². The lowest BCUT2D eigenvalue weighted by molar-refractivity contribution is 0.326. The fourth-order valence-corrected chi connectivity index (χ4v) is 49.8. The Morgan fingerprint density at radius 1 is 0.635 bits per heavy atom. The number of nitrogens with two attached hydrogens (primary N) is 1. The van der Waals surface area contributed by atoms with Gasteiger partial charge in [-0.1, -0.05) is 95.0 Å². The van der Waals surface area contributed by atoms with E-state index in [1.165, 1.54) is 21.3 Å². The number of hydrogen-bond acceptors (Lipinski definition) is 21. The van der Waals surface area contributed by atoms with Gasteiger partial charge < -0.3 is 32.2 Å². The van der Waals surface area contributed by atoms with Gasteiger partial charge in [0.1, 0.15) is 23.0 Å². The Bertz CT molecular complexity index is 2150. The molecule has 1 aliphatic rings. The van der Waals surface area contributed by atoms with E-state index in [0.29, 0.717) is 51.8 Å². The van der Waals surface area contributed by atoms with Crippen LogP contribution in [0.15, 0.2) is 95.4 Å².